The predicted molar refractivity (Wildman–Crippen MR) is 86.9 cm³/mol. The van der Waals surface area contributed by atoms with E-state index in [9.17, 15) is 4.79 Å². The SMILES string of the molecule is C=CCCCCCCOC(=O)CCCCCCCCC. The van der Waals surface area contributed by atoms with Gasteiger partial charge in [-0.1, -0.05) is 64.4 Å². The molecule has 0 atom stereocenters. The molecular weight excluding hydrogens is 248 g/mol. The first-order chi connectivity index (χ1) is 9.81. The van der Waals surface area contributed by atoms with Gasteiger partial charge in [0.15, 0.2) is 0 Å². The van der Waals surface area contributed by atoms with E-state index >= 15 is 0 Å². The predicted octanol–water partition coefficient (Wildman–Crippen LogP) is 5.81. The summed E-state index contributed by atoms with van der Waals surface area (Å²) in [5.41, 5.74) is 0. The third-order valence-electron chi connectivity index (χ3n) is 3.55. The molecule has 0 saturated heterocycles. The van der Waals surface area contributed by atoms with Crippen molar-refractivity contribution in [3.8, 4) is 0 Å². The molecule has 0 radical (unpaired) electrons. The topological polar surface area (TPSA) is 26.3 Å². The molecular formula is C18H34O2. The van der Waals surface area contributed by atoms with Crippen molar-refractivity contribution in [3.63, 3.8) is 0 Å². The van der Waals surface area contributed by atoms with Gasteiger partial charge in [0.1, 0.15) is 0 Å². The summed E-state index contributed by atoms with van der Waals surface area (Å²) in [5.74, 6) is -0.00958. The smallest absolute Gasteiger partial charge is 0.305 e. The fourth-order valence-corrected chi connectivity index (χ4v) is 2.23. The lowest BCUT2D eigenvalue weighted by atomic mass is 10.1. The van der Waals surface area contributed by atoms with Crippen LogP contribution in [0.25, 0.3) is 0 Å². The molecule has 0 saturated carbocycles. The first-order valence-corrected chi connectivity index (χ1v) is 8.57. The van der Waals surface area contributed by atoms with E-state index in [1.54, 1.807) is 0 Å². The zero-order chi connectivity index (χ0) is 14.9. The minimum Gasteiger partial charge on any atom is -0.466 e. The van der Waals surface area contributed by atoms with E-state index in [-0.39, 0.29) is 5.97 Å². The van der Waals surface area contributed by atoms with Gasteiger partial charge < -0.3 is 4.74 Å². The molecule has 0 heterocycles. The highest BCUT2D eigenvalue weighted by Crippen LogP contribution is 2.09. The molecule has 0 rings (SSSR count). The molecule has 0 aliphatic carbocycles. The highest BCUT2D eigenvalue weighted by Gasteiger charge is 2.02. The minimum atomic E-state index is -0.00958. The second kappa shape index (κ2) is 16.3. The van der Waals surface area contributed by atoms with Crippen molar-refractivity contribution in [1.29, 1.82) is 0 Å². The molecule has 0 aromatic rings. The summed E-state index contributed by atoms with van der Waals surface area (Å²) in [7, 11) is 0. The van der Waals surface area contributed by atoms with Crippen molar-refractivity contribution >= 4 is 5.97 Å². The van der Waals surface area contributed by atoms with Gasteiger partial charge in [-0.2, -0.15) is 0 Å². The Kier molecular flexibility index (Phi) is 15.6. The molecule has 20 heavy (non-hydrogen) atoms. The van der Waals surface area contributed by atoms with Crippen molar-refractivity contribution in [2.24, 2.45) is 0 Å². The summed E-state index contributed by atoms with van der Waals surface area (Å²) in [4.78, 5) is 11.5. The van der Waals surface area contributed by atoms with E-state index in [2.05, 4.69) is 13.5 Å². The highest BCUT2D eigenvalue weighted by atomic mass is 16.5. The van der Waals surface area contributed by atoms with Crippen LogP contribution in [0.2, 0.25) is 0 Å². The first kappa shape index (κ1) is 19.2. The van der Waals surface area contributed by atoms with Crippen LogP contribution >= 0.6 is 0 Å². The molecule has 0 amide bonds. The zero-order valence-corrected chi connectivity index (χ0v) is 13.5. The van der Waals surface area contributed by atoms with E-state index in [1.165, 1.54) is 51.4 Å². The van der Waals surface area contributed by atoms with Crippen LogP contribution in [0.15, 0.2) is 12.7 Å². The third-order valence-corrected chi connectivity index (χ3v) is 3.55. The van der Waals surface area contributed by atoms with Crippen molar-refractivity contribution in [2.45, 2.75) is 90.4 Å². The molecule has 0 aromatic carbocycles. The van der Waals surface area contributed by atoms with E-state index in [0.29, 0.717) is 13.0 Å². The molecule has 2 nitrogen and oxygen atoms in total. The number of carbonyl (C=O) groups is 1. The van der Waals surface area contributed by atoms with Crippen LogP contribution in [0.3, 0.4) is 0 Å². The standard InChI is InChI=1S/C18H34O2/c1-3-5-7-9-11-12-14-16-18(19)20-17-15-13-10-8-6-4-2/h4H,2-3,5-17H2,1H3. The maximum atomic E-state index is 11.5. The van der Waals surface area contributed by atoms with Crippen molar-refractivity contribution in [3.05, 3.63) is 12.7 Å². The fraction of sp³-hybridized carbons (Fsp3) is 0.833. The highest BCUT2D eigenvalue weighted by molar-refractivity contribution is 5.69. The van der Waals surface area contributed by atoms with E-state index in [4.69, 9.17) is 4.74 Å². The number of hydrogen-bond acceptors (Lipinski definition) is 2. The number of ether oxygens (including phenoxy) is 1. The molecule has 0 aliphatic rings. The fourth-order valence-electron chi connectivity index (χ4n) is 2.23. The quantitative estimate of drug-likeness (QED) is 0.215. The van der Waals surface area contributed by atoms with Crippen LogP contribution in [0, 0.1) is 0 Å². The molecule has 0 spiro atoms. The Labute approximate surface area is 126 Å². The van der Waals surface area contributed by atoms with Gasteiger partial charge in [-0.05, 0) is 25.7 Å². The molecule has 0 bridgehead atoms. The number of hydrogen-bond donors (Lipinski definition) is 0. The van der Waals surface area contributed by atoms with Gasteiger partial charge in [-0.25, -0.2) is 0 Å². The summed E-state index contributed by atoms with van der Waals surface area (Å²) in [6, 6.07) is 0. The maximum Gasteiger partial charge on any atom is 0.305 e. The number of esters is 1. The first-order valence-electron chi connectivity index (χ1n) is 8.57. The van der Waals surface area contributed by atoms with Crippen LogP contribution in [-0.2, 0) is 9.53 Å². The number of rotatable bonds is 15. The van der Waals surface area contributed by atoms with Crippen LogP contribution in [0.4, 0.5) is 0 Å². The molecule has 0 aromatic heterocycles. The van der Waals surface area contributed by atoms with Gasteiger partial charge >= 0.3 is 5.97 Å². The van der Waals surface area contributed by atoms with Crippen LogP contribution in [0.5, 0.6) is 0 Å². The number of unbranched alkanes of at least 4 members (excludes halogenated alkanes) is 10. The lowest BCUT2D eigenvalue weighted by molar-refractivity contribution is -0.143. The maximum absolute atomic E-state index is 11.5. The molecule has 0 fully saturated rings. The molecule has 118 valence electrons. The van der Waals surface area contributed by atoms with Crippen molar-refractivity contribution in [2.75, 3.05) is 6.61 Å². The van der Waals surface area contributed by atoms with Crippen LogP contribution in [-0.4, -0.2) is 12.6 Å². The molecule has 0 unspecified atom stereocenters. The Morgan fingerprint density at radius 1 is 0.900 bits per heavy atom. The Hall–Kier alpha value is -0.790. The summed E-state index contributed by atoms with van der Waals surface area (Å²) in [6.07, 6.45) is 16.9. The minimum absolute atomic E-state index is 0.00958. The summed E-state index contributed by atoms with van der Waals surface area (Å²) >= 11 is 0. The van der Waals surface area contributed by atoms with Crippen molar-refractivity contribution in [1.82, 2.24) is 0 Å². The van der Waals surface area contributed by atoms with Gasteiger partial charge in [0, 0.05) is 6.42 Å². The number of allylic oxidation sites excluding steroid dienone is 1. The van der Waals surface area contributed by atoms with Crippen molar-refractivity contribution < 1.29 is 9.53 Å². The largest absolute Gasteiger partial charge is 0.466 e. The number of carbonyl (C=O) groups excluding carboxylic acids is 1. The normalized spacial score (nSPS) is 10.4. The second-order valence-electron chi connectivity index (χ2n) is 5.58. The van der Waals surface area contributed by atoms with Gasteiger partial charge in [-0.3, -0.25) is 4.79 Å². The molecule has 2 heteroatoms. The van der Waals surface area contributed by atoms with Gasteiger partial charge in [0.25, 0.3) is 0 Å². The summed E-state index contributed by atoms with van der Waals surface area (Å²) in [5, 5.41) is 0. The van der Waals surface area contributed by atoms with E-state index < -0.39 is 0 Å². The second-order valence-corrected chi connectivity index (χ2v) is 5.58. The van der Waals surface area contributed by atoms with Gasteiger partial charge in [-0.15, -0.1) is 6.58 Å². The van der Waals surface area contributed by atoms with E-state index in [1.807, 2.05) is 6.08 Å². The van der Waals surface area contributed by atoms with Crippen LogP contribution < -0.4 is 0 Å². The van der Waals surface area contributed by atoms with Gasteiger partial charge in [0.2, 0.25) is 0 Å². The monoisotopic (exact) mass is 282 g/mol. The average molecular weight is 282 g/mol. The Bertz CT molecular complexity index is 223. The average Bonchev–Trinajstić information content (AvgIpc) is 2.45. The molecule has 0 N–H and O–H groups in total. The van der Waals surface area contributed by atoms with Gasteiger partial charge in [0.05, 0.1) is 6.61 Å². The summed E-state index contributed by atoms with van der Waals surface area (Å²) < 4.78 is 5.23. The summed E-state index contributed by atoms with van der Waals surface area (Å²) in [6.45, 7) is 6.54. The third kappa shape index (κ3) is 15.3. The lowest BCUT2D eigenvalue weighted by Gasteiger charge is -2.05. The zero-order valence-electron chi connectivity index (χ0n) is 13.5. The Morgan fingerprint density at radius 2 is 1.50 bits per heavy atom. The molecule has 0 aliphatic heterocycles. The van der Waals surface area contributed by atoms with Crippen LogP contribution in [0.1, 0.15) is 90.4 Å². The van der Waals surface area contributed by atoms with E-state index in [0.717, 1.165) is 25.7 Å². The lowest BCUT2D eigenvalue weighted by Crippen LogP contribution is -2.05. The Morgan fingerprint density at radius 3 is 2.20 bits per heavy atom. The Balaban J connectivity index is 3.14.